The molecule has 0 saturated heterocycles. The standard InChI is InChI=1S/C46H30/c1-30(31-16-3-2-4-17-31)32-22-15-29-43-44(32)46(39-25-11-7-20-35(39)36-21-8-12-26-40(36)46)42-28-14-13-27-41(42)45(43)37-23-9-5-18-33(37)34-19-6-10-24-38(34)45/h2-29H,1H2. The highest BCUT2D eigenvalue weighted by molar-refractivity contribution is 5.96. The van der Waals surface area contributed by atoms with Crippen molar-refractivity contribution in [2.45, 2.75) is 10.8 Å². The Morgan fingerprint density at radius 3 is 1.20 bits per heavy atom. The SMILES string of the molecule is C=C(c1ccccc1)c1cccc2c1C1(c3ccccc3-c3ccccc31)c1ccccc1C21c2ccccc2-c2ccccc21. The molecule has 0 atom stereocenters. The van der Waals surface area contributed by atoms with Gasteiger partial charge in [0.15, 0.2) is 0 Å². The minimum atomic E-state index is -0.523. The molecule has 0 N–H and O–H groups in total. The summed E-state index contributed by atoms with van der Waals surface area (Å²) in [5.74, 6) is 0. The van der Waals surface area contributed by atoms with Gasteiger partial charge < -0.3 is 0 Å². The summed E-state index contributed by atoms with van der Waals surface area (Å²) in [5.41, 5.74) is 18.4. The van der Waals surface area contributed by atoms with Gasteiger partial charge in [-0.15, -0.1) is 0 Å². The average molecular weight is 583 g/mol. The fourth-order valence-corrected chi connectivity index (χ4v) is 9.34. The lowest BCUT2D eigenvalue weighted by atomic mass is 9.51. The van der Waals surface area contributed by atoms with Crippen LogP contribution in [0.15, 0.2) is 176 Å². The number of benzene rings is 7. The molecule has 0 aliphatic heterocycles. The van der Waals surface area contributed by atoms with E-state index in [0.717, 1.165) is 11.1 Å². The van der Waals surface area contributed by atoms with Crippen LogP contribution >= 0.6 is 0 Å². The van der Waals surface area contributed by atoms with Gasteiger partial charge in [-0.2, -0.15) is 0 Å². The van der Waals surface area contributed by atoms with Gasteiger partial charge in [0.1, 0.15) is 0 Å². The molecular formula is C46H30. The number of rotatable bonds is 2. The van der Waals surface area contributed by atoms with Crippen LogP contribution in [0.4, 0.5) is 0 Å². The van der Waals surface area contributed by atoms with Crippen molar-refractivity contribution in [3.05, 3.63) is 232 Å². The third-order valence-corrected chi connectivity index (χ3v) is 10.9. The molecule has 214 valence electrons. The second-order valence-electron chi connectivity index (χ2n) is 12.8. The maximum absolute atomic E-state index is 4.83. The van der Waals surface area contributed by atoms with Gasteiger partial charge >= 0.3 is 0 Å². The van der Waals surface area contributed by atoms with Crippen LogP contribution in [-0.4, -0.2) is 0 Å². The quantitative estimate of drug-likeness (QED) is 0.190. The Labute approximate surface area is 270 Å². The summed E-state index contributed by atoms with van der Waals surface area (Å²) in [5, 5.41) is 0. The predicted molar refractivity (Wildman–Crippen MR) is 189 cm³/mol. The summed E-state index contributed by atoms with van der Waals surface area (Å²) < 4.78 is 0. The molecule has 0 heterocycles. The van der Waals surface area contributed by atoms with E-state index in [4.69, 9.17) is 6.58 Å². The van der Waals surface area contributed by atoms with Gasteiger partial charge in [0, 0.05) is 0 Å². The molecule has 0 amide bonds. The zero-order chi connectivity index (χ0) is 30.5. The summed E-state index contributed by atoms with van der Waals surface area (Å²) in [6, 6.07) is 63.3. The van der Waals surface area contributed by atoms with Crippen molar-refractivity contribution in [3.63, 3.8) is 0 Å². The van der Waals surface area contributed by atoms with Crippen LogP contribution in [0.2, 0.25) is 0 Å². The van der Waals surface area contributed by atoms with E-state index in [2.05, 4.69) is 170 Å². The fraction of sp³-hybridized carbons (Fsp3) is 0.0435. The molecule has 0 aromatic heterocycles. The Bertz CT molecular complexity index is 2300. The largest absolute Gasteiger partial charge is 0.0905 e. The van der Waals surface area contributed by atoms with E-state index in [9.17, 15) is 0 Å². The summed E-state index contributed by atoms with van der Waals surface area (Å²) >= 11 is 0. The van der Waals surface area contributed by atoms with Gasteiger partial charge in [-0.25, -0.2) is 0 Å². The van der Waals surface area contributed by atoms with Gasteiger partial charge in [-0.1, -0.05) is 176 Å². The summed E-state index contributed by atoms with van der Waals surface area (Å²) in [6.45, 7) is 4.83. The minimum Gasteiger partial charge on any atom is -0.0905 e. The molecule has 7 aromatic carbocycles. The molecule has 46 heavy (non-hydrogen) atoms. The Balaban J connectivity index is 1.46. The van der Waals surface area contributed by atoms with Crippen molar-refractivity contribution in [1.82, 2.24) is 0 Å². The molecule has 7 aromatic rings. The van der Waals surface area contributed by atoms with Crippen molar-refractivity contribution in [3.8, 4) is 22.3 Å². The highest BCUT2D eigenvalue weighted by Crippen LogP contribution is 2.68. The van der Waals surface area contributed by atoms with E-state index in [1.54, 1.807) is 0 Å². The van der Waals surface area contributed by atoms with Crippen molar-refractivity contribution in [2.24, 2.45) is 0 Å². The van der Waals surface area contributed by atoms with Crippen LogP contribution in [0.5, 0.6) is 0 Å². The van der Waals surface area contributed by atoms with E-state index >= 15 is 0 Å². The third kappa shape index (κ3) is 2.91. The number of fused-ring (bicyclic) bond motifs is 16. The molecule has 2 spiro atoms. The lowest BCUT2D eigenvalue weighted by Gasteiger charge is -2.49. The first-order valence-electron chi connectivity index (χ1n) is 16.1. The molecular weight excluding hydrogens is 553 g/mol. The van der Waals surface area contributed by atoms with Crippen molar-refractivity contribution >= 4 is 5.57 Å². The molecule has 0 heteroatoms. The lowest BCUT2D eigenvalue weighted by molar-refractivity contribution is 0.631. The molecule has 0 bridgehead atoms. The van der Waals surface area contributed by atoms with Gasteiger partial charge in [-0.05, 0) is 83.5 Å². The second kappa shape index (κ2) is 9.16. The van der Waals surface area contributed by atoms with Gasteiger partial charge in [0.2, 0.25) is 0 Å². The summed E-state index contributed by atoms with van der Waals surface area (Å²) in [6.07, 6.45) is 0. The van der Waals surface area contributed by atoms with Crippen molar-refractivity contribution in [2.75, 3.05) is 0 Å². The van der Waals surface area contributed by atoms with E-state index in [0.29, 0.717) is 0 Å². The molecule has 0 nitrogen and oxygen atoms in total. The van der Waals surface area contributed by atoms with Crippen LogP contribution < -0.4 is 0 Å². The fourth-order valence-electron chi connectivity index (χ4n) is 9.34. The minimum absolute atomic E-state index is 0.482. The molecule has 0 radical (unpaired) electrons. The smallest absolute Gasteiger partial charge is 0.0725 e. The topological polar surface area (TPSA) is 0 Å². The van der Waals surface area contributed by atoms with E-state index < -0.39 is 10.8 Å². The molecule has 3 aliphatic rings. The van der Waals surface area contributed by atoms with Gasteiger partial charge in [0.25, 0.3) is 0 Å². The first kappa shape index (κ1) is 25.6. The van der Waals surface area contributed by atoms with Gasteiger partial charge in [0.05, 0.1) is 10.8 Å². The zero-order valence-corrected chi connectivity index (χ0v) is 25.4. The number of hydrogen-bond acceptors (Lipinski definition) is 0. The first-order chi connectivity index (χ1) is 22.8. The van der Waals surface area contributed by atoms with Crippen LogP contribution in [0, 0.1) is 0 Å². The zero-order valence-electron chi connectivity index (χ0n) is 25.4. The van der Waals surface area contributed by atoms with E-state index in [-0.39, 0.29) is 0 Å². The van der Waals surface area contributed by atoms with Crippen LogP contribution in [0.1, 0.15) is 55.6 Å². The normalized spacial score (nSPS) is 15.0. The highest BCUT2D eigenvalue weighted by atomic mass is 14.6. The summed E-state index contributed by atoms with van der Waals surface area (Å²) in [4.78, 5) is 0. The maximum Gasteiger partial charge on any atom is 0.0725 e. The molecule has 0 saturated carbocycles. The van der Waals surface area contributed by atoms with Crippen molar-refractivity contribution in [1.29, 1.82) is 0 Å². The van der Waals surface area contributed by atoms with Crippen molar-refractivity contribution < 1.29 is 0 Å². The van der Waals surface area contributed by atoms with E-state index in [1.807, 2.05) is 0 Å². The maximum atomic E-state index is 4.83. The average Bonchev–Trinajstić information content (AvgIpc) is 3.59. The van der Waals surface area contributed by atoms with Crippen LogP contribution in [-0.2, 0) is 10.8 Å². The summed E-state index contributed by atoms with van der Waals surface area (Å²) in [7, 11) is 0. The Morgan fingerprint density at radius 2 is 0.696 bits per heavy atom. The Kier molecular flexibility index (Phi) is 5.09. The number of hydrogen-bond donors (Lipinski definition) is 0. The lowest BCUT2D eigenvalue weighted by Crippen LogP contribution is -2.44. The third-order valence-electron chi connectivity index (χ3n) is 10.9. The van der Waals surface area contributed by atoms with Gasteiger partial charge in [-0.3, -0.25) is 0 Å². The van der Waals surface area contributed by atoms with Crippen LogP contribution in [0.25, 0.3) is 27.8 Å². The molecule has 3 aliphatic carbocycles. The van der Waals surface area contributed by atoms with Crippen LogP contribution in [0.3, 0.4) is 0 Å². The molecule has 10 rings (SSSR count). The Hall–Kier alpha value is -5.72. The monoisotopic (exact) mass is 582 g/mol. The highest BCUT2D eigenvalue weighted by Gasteiger charge is 2.59. The molecule has 0 unspecified atom stereocenters. The molecule has 0 fully saturated rings. The predicted octanol–water partition coefficient (Wildman–Crippen LogP) is 10.8. The van der Waals surface area contributed by atoms with E-state index in [1.165, 1.54) is 72.3 Å². The second-order valence-corrected chi connectivity index (χ2v) is 12.8. The first-order valence-corrected chi connectivity index (χ1v) is 16.1. The Morgan fingerprint density at radius 1 is 0.326 bits per heavy atom.